The first-order valence-corrected chi connectivity index (χ1v) is 7.70. The maximum Gasteiger partial charge on any atom is 0.251 e. The number of imidazole rings is 1. The van der Waals surface area contributed by atoms with Gasteiger partial charge in [0.05, 0.1) is 20.5 Å². The lowest BCUT2D eigenvalue weighted by Gasteiger charge is -2.10. The van der Waals surface area contributed by atoms with Crippen molar-refractivity contribution in [1.29, 1.82) is 0 Å². The number of hydrogen-bond donors (Lipinski definition) is 1. The van der Waals surface area contributed by atoms with Gasteiger partial charge in [-0.15, -0.1) is 0 Å². The number of nitrogens with zero attached hydrogens (tertiary/aromatic N) is 2. The minimum Gasteiger partial charge on any atom is -0.493 e. The van der Waals surface area contributed by atoms with Crippen LogP contribution in [-0.4, -0.2) is 36.2 Å². The Morgan fingerprint density at radius 3 is 2.70 bits per heavy atom. The second-order valence-corrected chi connectivity index (χ2v) is 5.19. The summed E-state index contributed by atoms with van der Waals surface area (Å²) < 4.78 is 12.4. The van der Waals surface area contributed by atoms with E-state index in [1.807, 2.05) is 12.5 Å². The summed E-state index contributed by atoms with van der Waals surface area (Å²) in [5.41, 5.74) is 0.570. The third-order valence-corrected chi connectivity index (χ3v) is 3.58. The van der Waals surface area contributed by atoms with Gasteiger partial charge in [0.25, 0.3) is 5.91 Å². The number of aryl methyl sites for hydroxylation is 1. The Bertz CT molecular complexity index is 612. The topological polar surface area (TPSA) is 65.4 Å². The van der Waals surface area contributed by atoms with Crippen molar-refractivity contribution in [3.05, 3.63) is 42.5 Å². The molecule has 1 N–H and O–H groups in total. The van der Waals surface area contributed by atoms with E-state index in [0.717, 1.165) is 25.8 Å². The van der Waals surface area contributed by atoms with Crippen LogP contribution >= 0.6 is 0 Å². The van der Waals surface area contributed by atoms with Gasteiger partial charge in [0.15, 0.2) is 11.5 Å². The summed E-state index contributed by atoms with van der Waals surface area (Å²) in [6.07, 6.45) is 8.64. The minimum atomic E-state index is -0.0967. The standard InChI is InChI=1S/C17H23N3O3/c1-22-15-7-6-14(12-16(15)23-2)17(21)19-8-4-3-5-10-20-11-9-18-13-20/h6-7,9,11-13H,3-5,8,10H2,1-2H3,(H,19,21). The molecule has 1 aromatic carbocycles. The highest BCUT2D eigenvalue weighted by Crippen LogP contribution is 2.27. The molecular formula is C17H23N3O3. The highest BCUT2D eigenvalue weighted by Gasteiger charge is 2.10. The third kappa shape index (κ3) is 5.02. The fraction of sp³-hybridized carbons (Fsp3) is 0.412. The number of amides is 1. The van der Waals surface area contributed by atoms with Crippen molar-refractivity contribution in [1.82, 2.24) is 14.9 Å². The zero-order valence-electron chi connectivity index (χ0n) is 13.6. The molecule has 1 aromatic heterocycles. The van der Waals surface area contributed by atoms with Gasteiger partial charge >= 0.3 is 0 Å². The molecule has 2 aromatic rings. The molecule has 0 saturated heterocycles. The molecule has 0 bridgehead atoms. The molecule has 6 heteroatoms. The molecule has 0 aliphatic carbocycles. The lowest BCUT2D eigenvalue weighted by molar-refractivity contribution is 0.0952. The average Bonchev–Trinajstić information content (AvgIpc) is 3.10. The van der Waals surface area contributed by atoms with E-state index in [1.54, 1.807) is 38.6 Å². The molecule has 2 rings (SSSR count). The van der Waals surface area contributed by atoms with E-state index in [-0.39, 0.29) is 5.91 Å². The predicted octanol–water partition coefficient (Wildman–Crippen LogP) is 2.50. The maximum atomic E-state index is 12.1. The Morgan fingerprint density at radius 1 is 1.17 bits per heavy atom. The molecule has 0 radical (unpaired) electrons. The number of methoxy groups -OCH3 is 2. The van der Waals surface area contributed by atoms with Crippen LogP contribution in [0.5, 0.6) is 11.5 Å². The average molecular weight is 317 g/mol. The van der Waals surface area contributed by atoms with Crippen LogP contribution in [0.25, 0.3) is 0 Å². The Hall–Kier alpha value is -2.50. The fourth-order valence-electron chi connectivity index (χ4n) is 2.30. The van der Waals surface area contributed by atoms with Crippen molar-refractivity contribution in [2.75, 3.05) is 20.8 Å². The number of aromatic nitrogens is 2. The third-order valence-electron chi connectivity index (χ3n) is 3.58. The first kappa shape index (κ1) is 16.9. The molecule has 0 atom stereocenters. The van der Waals surface area contributed by atoms with Gasteiger partial charge in [-0.3, -0.25) is 4.79 Å². The van der Waals surface area contributed by atoms with Gasteiger partial charge in [0, 0.05) is 31.0 Å². The molecule has 124 valence electrons. The lowest BCUT2D eigenvalue weighted by Crippen LogP contribution is -2.24. The second-order valence-electron chi connectivity index (χ2n) is 5.19. The van der Waals surface area contributed by atoms with Crippen molar-refractivity contribution < 1.29 is 14.3 Å². The van der Waals surface area contributed by atoms with E-state index >= 15 is 0 Å². The van der Waals surface area contributed by atoms with Crippen LogP contribution in [0.15, 0.2) is 36.9 Å². The Kier molecular flexibility index (Phi) is 6.47. The van der Waals surface area contributed by atoms with Crippen LogP contribution in [0.4, 0.5) is 0 Å². The van der Waals surface area contributed by atoms with Gasteiger partial charge in [-0.05, 0) is 37.5 Å². The van der Waals surface area contributed by atoms with Crippen LogP contribution in [-0.2, 0) is 6.54 Å². The molecule has 6 nitrogen and oxygen atoms in total. The smallest absolute Gasteiger partial charge is 0.251 e. The van der Waals surface area contributed by atoms with Crippen LogP contribution in [0.3, 0.4) is 0 Å². The van der Waals surface area contributed by atoms with Gasteiger partial charge in [-0.25, -0.2) is 4.98 Å². The Labute approximate surface area is 136 Å². The highest BCUT2D eigenvalue weighted by atomic mass is 16.5. The molecule has 0 aliphatic heterocycles. The predicted molar refractivity (Wildman–Crippen MR) is 88.0 cm³/mol. The molecule has 0 unspecified atom stereocenters. The van der Waals surface area contributed by atoms with Crippen molar-refractivity contribution >= 4 is 5.91 Å². The van der Waals surface area contributed by atoms with E-state index in [4.69, 9.17) is 9.47 Å². The summed E-state index contributed by atoms with van der Waals surface area (Å²) in [6, 6.07) is 5.15. The lowest BCUT2D eigenvalue weighted by atomic mass is 10.1. The number of benzene rings is 1. The molecule has 23 heavy (non-hydrogen) atoms. The summed E-state index contributed by atoms with van der Waals surface area (Å²) >= 11 is 0. The van der Waals surface area contributed by atoms with Crippen molar-refractivity contribution in [3.63, 3.8) is 0 Å². The molecule has 0 aliphatic rings. The molecular weight excluding hydrogens is 294 g/mol. The summed E-state index contributed by atoms with van der Waals surface area (Å²) in [5.74, 6) is 1.07. The Balaban J connectivity index is 1.70. The van der Waals surface area contributed by atoms with Crippen LogP contribution in [0.2, 0.25) is 0 Å². The largest absolute Gasteiger partial charge is 0.493 e. The summed E-state index contributed by atoms with van der Waals surface area (Å²) in [4.78, 5) is 16.1. The first-order valence-electron chi connectivity index (χ1n) is 7.70. The number of rotatable bonds is 9. The van der Waals surface area contributed by atoms with Crippen molar-refractivity contribution in [2.24, 2.45) is 0 Å². The van der Waals surface area contributed by atoms with Gasteiger partial charge in [0.1, 0.15) is 0 Å². The minimum absolute atomic E-state index is 0.0967. The maximum absolute atomic E-state index is 12.1. The summed E-state index contributed by atoms with van der Waals surface area (Å²) in [5, 5.41) is 2.93. The van der Waals surface area contributed by atoms with Crippen molar-refractivity contribution in [3.8, 4) is 11.5 Å². The van der Waals surface area contributed by atoms with Gasteiger partial charge in [0.2, 0.25) is 0 Å². The van der Waals surface area contributed by atoms with Gasteiger partial charge in [-0.2, -0.15) is 0 Å². The van der Waals surface area contributed by atoms with Crippen LogP contribution in [0, 0.1) is 0 Å². The molecule has 0 fully saturated rings. The van der Waals surface area contributed by atoms with Gasteiger partial charge in [-0.1, -0.05) is 0 Å². The highest BCUT2D eigenvalue weighted by molar-refractivity contribution is 5.94. The number of ether oxygens (including phenoxy) is 2. The first-order chi connectivity index (χ1) is 11.2. The quantitative estimate of drug-likeness (QED) is 0.722. The fourth-order valence-corrected chi connectivity index (χ4v) is 2.30. The summed E-state index contributed by atoms with van der Waals surface area (Å²) in [7, 11) is 3.13. The number of carbonyl (C=O) groups excluding carboxylic acids is 1. The number of carbonyl (C=O) groups is 1. The van der Waals surface area contributed by atoms with E-state index in [1.165, 1.54) is 0 Å². The Morgan fingerprint density at radius 2 is 2.00 bits per heavy atom. The summed E-state index contributed by atoms with van der Waals surface area (Å²) in [6.45, 7) is 1.63. The van der Waals surface area contributed by atoms with Crippen molar-refractivity contribution in [2.45, 2.75) is 25.8 Å². The molecule has 0 spiro atoms. The van der Waals surface area contributed by atoms with Gasteiger partial charge < -0.3 is 19.4 Å². The zero-order valence-corrected chi connectivity index (χ0v) is 13.6. The zero-order chi connectivity index (χ0) is 16.5. The molecule has 0 saturated carbocycles. The van der Waals surface area contributed by atoms with E-state index in [9.17, 15) is 4.79 Å². The number of unbranched alkanes of at least 4 members (excludes halogenated alkanes) is 2. The molecule has 1 amide bonds. The van der Waals surface area contributed by atoms with E-state index in [0.29, 0.717) is 23.6 Å². The van der Waals surface area contributed by atoms with E-state index < -0.39 is 0 Å². The number of nitrogens with one attached hydrogen (secondary N) is 1. The van der Waals surface area contributed by atoms with Crippen LogP contribution in [0.1, 0.15) is 29.6 Å². The monoisotopic (exact) mass is 317 g/mol. The SMILES string of the molecule is COc1ccc(C(=O)NCCCCCn2ccnc2)cc1OC. The normalized spacial score (nSPS) is 10.3. The number of hydrogen-bond acceptors (Lipinski definition) is 4. The second kappa shape index (κ2) is 8.82. The van der Waals surface area contributed by atoms with Crippen LogP contribution < -0.4 is 14.8 Å². The molecule has 1 heterocycles. The van der Waals surface area contributed by atoms with E-state index in [2.05, 4.69) is 14.9 Å².